The van der Waals surface area contributed by atoms with Gasteiger partial charge in [-0.15, -0.1) is 0 Å². The first-order valence-electron chi connectivity index (χ1n) is 5.84. The van der Waals surface area contributed by atoms with Crippen molar-refractivity contribution in [1.82, 2.24) is 14.5 Å². The zero-order valence-corrected chi connectivity index (χ0v) is 9.67. The third-order valence-electron chi connectivity index (χ3n) is 3.42. The molecule has 1 aliphatic heterocycles. The third kappa shape index (κ3) is 1.57. The van der Waals surface area contributed by atoms with Crippen LogP contribution >= 0.6 is 0 Å². The van der Waals surface area contributed by atoms with Gasteiger partial charge in [0, 0.05) is 13.1 Å². The fourth-order valence-corrected chi connectivity index (χ4v) is 2.56. The lowest BCUT2D eigenvalue weighted by atomic mass is 10.2. The van der Waals surface area contributed by atoms with E-state index in [1.807, 2.05) is 24.3 Å². The number of hydrogen-bond donors (Lipinski definition) is 2. The highest BCUT2D eigenvalue weighted by atomic mass is 16.4. The second-order valence-electron chi connectivity index (χ2n) is 4.49. The molecule has 6 nitrogen and oxygen atoms in total. The number of fused-ring (bicyclic) bond motifs is 1. The minimum Gasteiger partial charge on any atom is -0.465 e. The number of aromatic amines is 1. The van der Waals surface area contributed by atoms with E-state index >= 15 is 0 Å². The number of rotatable bonds is 1. The van der Waals surface area contributed by atoms with Gasteiger partial charge in [0.05, 0.1) is 17.1 Å². The van der Waals surface area contributed by atoms with Crippen LogP contribution in [0, 0.1) is 0 Å². The number of nitrogens with one attached hydrogen (secondary N) is 1. The predicted octanol–water partition coefficient (Wildman–Crippen LogP) is 1.25. The van der Waals surface area contributed by atoms with E-state index in [0.29, 0.717) is 19.5 Å². The molecule has 1 atom stereocenters. The average Bonchev–Trinajstić information content (AvgIpc) is 2.91. The number of H-pyrrole nitrogens is 1. The lowest BCUT2D eigenvalue weighted by Gasteiger charge is -2.13. The number of para-hydroxylation sites is 2. The van der Waals surface area contributed by atoms with Crippen LogP contribution in [0.2, 0.25) is 0 Å². The molecule has 3 rings (SSSR count). The number of amides is 1. The van der Waals surface area contributed by atoms with Gasteiger partial charge >= 0.3 is 11.8 Å². The van der Waals surface area contributed by atoms with Crippen LogP contribution in [0.25, 0.3) is 11.0 Å². The largest absolute Gasteiger partial charge is 0.465 e. The van der Waals surface area contributed by atoms with Crippen LogP contribution in [0.15, 0.2) is 29.1 Å². The zero-order valence-electron chi connectivity index (χ0n) is 9.67. The molecule has 1 fully saturated rings. The fraction of sp³-hybridized carbons (Fsp3) is 0.333. The minimum atomic E-state index is -0.926. The standard InChI is InChI=1S/C12H13N3O3/c16-11-13-9-3-1-2-4-10(9)15(11)8-5-6-14(7-8)12(17)18/h1-4,8H,5-7H2,(H,13,16)(H,17,18)/t8-/m0/s1. The van der Waals surface area contributed by atoms with E-state index < -0.39 is 6.09 Å². The van der Waals surface area contributed by atoms with Gasteiger partial charge in [-0.05, 0) is 18.6 Å². The molecule has 0 spiro atoms. The van der Waals surface area contributed by atoms with Crippen LogP contribution in [0.1, 0.15) is 12.5 Å². The lowest BCUT2D eigenvalue weighted by Crippen LogP contribution is -2.29. The van der Waals surface area contributed by atoms with E-state index in [9.17, 15) is 9.59 Å². The summed E-state index contributed by atoms with van der Waals surface area (Å²) in [4.78, 5) is 27.0. The predicted molar refractivity (Wildman–Crippen MR) is 65.8 cm³/mol. The van der Waals surface area contributed by atoms with E-state index in [-0.39, 0.29) is 11.7 Å². The molecule has 2 N–H and O–H groups in total. The summed E-state index contributed by atoms with van der Waals surface area (Å²) in [6.45, 7) is 0.850. The number of carboxylic acid groups (broad SMARTS) is 1. The van der Waals surface area contributed by atoms with Crippen LogP contribution in [0.4, 0.5) is 4.79 Å². The Bertz CT molecular complexity index is 658. The molecule has 6 heteroatoms. The smallest absolute Gasteiger partial charge is 0.407 e. The summed E-state index contributed by atoms with van der Waals surface area (Å²) < 4.78 is 1.66. The Hall–Kier alpha value is -2.24. The molecule has 0 radical (unpaired) electrons. The maximum absolute atomic E-state index is 11.9. The summed E-state index contributed by atoms with van der Waals surface area (Å²) in [5.41, 5.74) is 1.45. The van der Waals surface area contributed by atoms with E-state index in [1.54, 1.807) is 4.57 Å². The fourth-order valence-electron chi connectivity index (χ4n) is 2.56. The van der Waals surface area contributed by atoms with Crippen LogP contribution in [0.5, 0.6) is 0 Å². The summed E-state index contributed by atoms with van der Waals surface area (Å²) in [5, 5.41) is 8.94. The highest BCUT2D eigenvalue weighted by molar-refractivity contribution is 5.75. The van der Waals surface area contributed by atoms with Gasteiger partial charge in [0.25, 0.3) is 0 Å². The van der Waals surface area contributed by atoms with Gasteiger partial charge in [0.2, 0.25) is 0 Å². The van der Waals surface area contributed by atoms with Crippen molar-refractivity contribution in [1.29, 1.82) is 0 Å². The summed E-state index contributed by atoms with van der Waals surface area (Å²) in [7, 11) is 0. The molecule has 94 valence electrons. The SMILES string of the molecule is O=C(O)N1CC[C@H](n2c(=O)[nH]c3ccccc32)C1. The molecule has 0 saturated carbocycles. The Morgan fingerprint density at radius 1 is 1.39 bits per heavy atom. The van der Waals surface area contributed by atoms with Gasteiger partial charge in [-0.2, -0.15) is 0 Å². The second-order valence-corrected chi connectivity index (χ2v) is 4.49. The summed E-state index contributed by atoms with van der Waals surface area (Å²) in [5.74, 6) is 0. The normalized spacial score (nSPS) is 19.6. The van der Waals surface area contributed by atoms with Crippen molar-refractivity contribution in [2.24, 2.45) is 0 Å². The Balaban J connectivity index is 2.03. The first-order chi connectivity index (χ1) is 8.66. The van der Waals surface area contributed by atoms with Crippen LogP contribution in [-0.2, 0) is 0 Å². The van der Waals surface area contributed by atoms with Crippen molar-refractivity contribution in [3.05, 3.63) is 34.7 Å². The molecule has 2 aromatic rings. The van der Waals surface area contributed by atoms with E-state index in [4.69, 9.17) is 5.11 Å². The molecular formula is C12H13N3O3. The van der Waals surface area contributed by atoms with E-state index in [1.165, 1.54) is 4.90 Å². The summed E-state index contributed by atoms with van der Waals surface area (Å²) in [6, 6.07) is 7.37. The Kier molecular flexibility index (Phi) is 2.36. The zero-order chi connectivity index (χ0) is 12.7. The molecule has 1 aliphatic rings. The van der Waals surface area contributed by atoms with Crippen LogP contribution < -0.4 is 5.69 Å². The summed E-state index contributed by atoms with van der Waals surface area (Å²) >= 11 is 0. The Morgan fingerprint density at radius 2 is 2.17 bits per heavy atom. The van der Waals surface area contributed by atoms with Gasteiger partial charge in [-0.25, -0.2) is 9.59 Å². The van der Waals surface area contributed by atoms with Crippen molar-refractivity contribution >= 4 is 17.1 Å². The number of carbonyl (C=O) groups is 1. The molecule has 1 amide bonds. The topological polar surface area (TPSA) is 78.3 Å². The molecule has 0 aliphatic carbocycles. The van der Waals surface area contributed by atoms with Crippen molar-refractivity contribution in [2.75, 3.05) is 13.1 Å². The first kappa shape index (κ1) is 10.9. The second kappa shape index (κ2) is 3.90. The van der Waals surface area contributed by atoms with E-state index in [0.717, 1.165) is 11.0 Å². The third-order valence-corrected chi connectivity index (χ3v) is 3.42. The van der Waals surface area contributed by atoms with Gasteiger partial charge in [-0.1, -0.05) is 12.1 Å². The molecule has 0 bridgehead atoms. The monoisotopic (exact) mass is 247 g/mol. The van der Waals surface area contributed by atoms with E-state index in [2.05, 4.69) is 4.98 Å². The highest BCUT2D eigenvalue weighted by Gasteiger charge is 2.29. The van der Waals surface area contributed by atoms with Crippen molar-refractivity contribution in [3.8, 4) is 0 Å². The molecular weight excluding hydrogens is 234 g/mol. The summed E-state index contributed by atoms with van der Waals surface area (Å²) in [6.07, 6.45) is -0.251. The molecule has 1 aromatic carbocycles. The highest BCUT2D eigenvalue weighted by Crippen LogP contribution is 2.23. The lowest BCUT2D eigenvalue weighted by molar-refractivity contribution is 0.154. The number of likely N-dealkylation sites (tertiary alicyclic amines) is 1. The number of imidazole rings is 1. The first-order valence-corrected chi connectivity index (χ1v) is 5.84. The number of hydrogen-bond acceptors (Lipinski definition) is 2. The average molecular weight is 247 g/mol. The Morgan fingerprint density at radius 3 is 2.89 bits per heavy atom. The molecule has 0 unspecified atom stereocenters. The van der Waals surface area contributed by atoms with Gasteiger partial charge in [-0.3, -0.25) is 4.57 Å². The maximum atomic E-state index is 11.9. The van der Waals surface area contributed by atoms with Crippen molar-refractivity contribution in [2.45, 2.75) is 12.5 Å². The number of nitrogens with zero attached hydrogens (tertiary/aromatic N) is 2. The van der Waals surface area contributed by atoms with Gasteiger partial charge in [0.1, 0.15) is 0 Å². The minimum absolute atomic E-state index is 0.0789. The van der Waals surface area contributed by atoms with Crippen molar-refractivity contribution in [3.63, 3.8) is 0 Å². The molecule has 1 aromatic heterocycles. The molecule has 1 saturated heterocycles. The van der Waals surface area contributed by atoms with Crippen LogP contribution in [-0.4, -0.2) is 38.7 Å². The maximum Gasteiger partial charge on any atom is 0.407 e. The van der Waals surface area contributed by atoms with Crippen LogP contribution in [0.3, 0.4) is 0 Å². The quantitative estimate of drug-likeness (QED) is 0.796. The number of benzene rings is 1. The molecule has 18 heavy (non-hydrogen) atoms. The van der Waals surface area contributed by atoms with Gasteiger partial charge < -0.3 is 15.0 Å². The van der Waals surface area contributed by atoms with Gasteiger partial charge in [0.15, 0.2) is 0 Å². The van der Waals surface area contributed by atoms with Crippen molar-refractivity contribution < 1.29 is 9.90 Å². The molecule has 2 heterocycles. The number of aromatic nitrogens is 2. The Labute approximate surface area is 102 Å².